The standard InChI is InChI=1S/C12H14O6S/c1-17-12(14)11(13)9-4-2-3-5-10(9)19(15,16)8-6-18-7-8/h2-5,8,11,13H,6-7H2,1H3. The monoisotopic (exact) mass is 286 g/mol. The van der Waals surface area contributed by atoms with Crippen molar-refractivity contribution in [1.29, 1.82) is 0 Å². The Morgan fingerprint density at radius 1 is 1.42 bits per heavy atom. The third-order valence-corrected chi connectivity index (χ3v) is 5.13. The summed E-state index contributed by atoms with van der Waals surface area (Å²) in [5.74, 6) is -0.896. The van der Waals surface area contributed by atoms with Gasteiger partial charge >= 0.3 is 5.97 Å². The molecular weight excluding hydrogens is 272 g/mol. The van der Waals surface area contributed by atoms with Gasteiger partial charge in [-0.3, -0.25) is 0 Å². The lowest BCUT2D eigenvalue weighted by atomic mass is 10.1. The summed E-state index contributed by atoms with van der Waals surface area (Å²) in [7, 11) is -2.49. The number of sulfone groups is 1. The van der Waals surface area contributed by atoms with Gasteiger partial charge in [0.05, 0.1) is 25.2 Å². The predicted molar refractivity (Wildman–Crippen MR) is 65.2 cm³/mol. The Kier molecular flexibility index (Phi) is 3.88. The molecule has 19 heavy (non-hydrogen) atoms. The number of carbonyl (C=O) groups is 1. The number of hydrogen-bond acceptors (Lipinski definition) is 6. The smallest absolute Gasteiger partial charge is 0.339 e. The Morgan fingerprint density at radius 3 is 2.58 bits per heavy atom. The van der Waals surface area contributed by atoms with E-state index in [0.29, 0.717) is 0 Å². The number of ether oxygens (including phenoxy) is 2. The highest BCUT2D eigenvalue weighted by Crippen LogP contribution is 2.28. The van der Waals surface area contributed by atoms with Crippen molar-refractivity contribution in [3.8, 4) is 0 Å². The number of benzene rings is 1. The summed E-state index contributed by atoms with van der Waals surface area (Å²) < 4.78 is 33.9. The minimum atomic E-state index is -3.61. The Balaban J connectivity index is 2.44. The van der Waals surface area contributed by atoms with E-state index in [9.17, 15) is 18.3 Å². The van der Waals surface area contributed by atoms with Crippen LogP contribution in [-0.2, 0) is 24.1 Å². The van der Waals surface area contributed by atoms with Gasteiger partial charge < -0.3 is 14.6 Å². The van der Waals surface area contributed by atoms with Crippen molar-refractivity contribution in [2.45, 2.75) is 16.2 Å². The van der Waals surface area contributed by atoms with Gasteiger partial charge in [0.25, 0.3) is 0 Å². The van der Waals surface area contributed by atoms with Gasteiger partial charge in [-0.1, -0.05) is 18.2 Å². The lowest BCUT2D eigenvalue weighted by Gasteiger charge is -2.27. The van der Waals surface area contributed by atoms with Crippen LogP contribution in [0, 0.1) is 0 Å². The van der Waals surface area contributed by atoms with E-state index in [0.717, 1.165) is 7.11 Å². The number of methoxy groups -OCH3 is 1. The maximum absolute atomic E-state index is 12.3. The van der Waals surface area contributed by atoms with E-state index >= 15 is 0 Å². The van der Waals surface area contributed by atoms with Crippen molar-refractivity contribution < 1.29 is 27.8 Å². The van der Waals surface area contributed by atoms with Crippen LogP contribution in [0.25, 0.3) is 0 Å². The van der Waals surface area contributed by atoms with Crippen LogP contribution in [0.15, 0.2) is 29.2 Å². The molecule has 1 aromatic rings. The van der Waals surface area contributed by atoms with Crippen LogP contribution in [0.2, 0.25) is 0 Å². The SMILES string of the molecule is COC(=O)C(O)c1ccccc1S(=O)(=O)C1COC1. The van der Waals surface area contributed by atoms with Crippen molar-refractivity contribution >= 4 is 15.8 Å². The largest absolute Gasteiger partial charge is 0.467 e. The molecule has 1 aromatic carbocycles. The fraction of sp³-hybridized carbons (Fsp3) is 0.417. The normalized spacial score (nSPS) is 17.6. The molecule has 1 saturated heterocycles. The zero-order chi connectivity index (χ0) is 14.0. The molecule has 0 spiro atoms. The molecule has 1 aliphatic heterocycles. The number of aliphatic hydroxyl groups excluding tert-OH is 1. The average molecular weight is 286 g/mol. The van der Waals surface area contributed by atoms with Crippen LogP contribution in [0.1, 0.15) is 11.7 Å². The van der Waals surface area contributed by atoms with E-state index in [-0.39, 0.29) is 23.7 Å². The van der Waals surface area contributed by atoms with Gasteiger partial charge in [0.2, 0.25) is 0 Å². The van der Waals surface area contributed by atoms with Crippen LogP contribution in [0.5, 0.6) is 0 Å². The van der Waals surface area contributed by atoms with E-state index in [2.05, 4.69) is 4.74 Å². The first-order valence-corrected chi connectivity index (χ1v) is 7.19. The van der Waals surface area contributed by atoms with Gasteiger partial charge in [-0.15, -0.1) is 0 Å². The Labute approximate surface area is 110 Å². The van der Waals surface area contributed by atoms with Crippen molar-refractivity contribution in [3.63, 3.8) is 0 Å². The summed E-state index contributed by atoms with van der Waals surface area (Å²) in [5.41, 5.74) is 0.0289. The summed E-state index contributed by atoms with van der Waals surface area (Å²) in [6.07, 6.45) is -1.61. The molecule has 1 heterocycles. The molecule has 0 radical (unpaired) electrons. The third kappa shape index (κ3) is 2.49. The number of esters is 1. The quantitative estimate of drug-likeness (QED) is 0.788. The van der Waals surface area contributed by atoms with E-state index in [4.69, 9.17) is 4.74 Å². The van der Waals surface area contributed by atoms with E-state index < -0.39 is 27.2 Å². The topological polar surface area (TPSA) is 89.9 Å². The summed E-state index contributed by atoms with van der Waals surface area (Å²) in [4.78, 5) is 11.3. The van der Waals surface area contributed by atoms with Crippen LogP contribution in [0.4, 0.5) is 0 Å². The minimum Gasteiger partial charge on any atom is -0.467 e. The zero-order valence-electron chi connectivity index (χ0n) is 10.3. The molecule has 0 saturated carbocycles. The lowest BCUT2D eigenvalue weighted by molar-refractivity contribution is -0.150. The van der Waals surface area contributed by atoms with E-state index in [1.54, 1.807) is 12.1 Å². The van der Waals surface area contributed by atoms with Gasteiger partial charge in [0.1, 0.15) is 5.25 Å². The molecule has 1 unspecified atom stereocenters. The fourth-order valence-corrected chi connectivity index (χ4v) is 3.46. The third-order valence-electron chi connectivity index (χ3n) is 2.99. The second kappa shape index (κ2) is 5.28. The number of aliphatic hydroxyl groups is 1. The highest BCUT2D eigenvalue weighted by atomic mass is 32.2. The summed E-state index contributed by atoms with van der Waals surface area (Å²) in [5, 5.41) is 9.21. The fourth-order valence-electron chi connectivity index (χ4n) is 1.78. The minimum absolute atomic E-state index is 0.0289. The van der Waals surface area contributed by atoms with Crippen LogP contribution in [-0.4, -0.2) is 45.1 Å². The van der Waals surface area contributed by atoms with Crippen LogP contribution in [0.3, 0.4) is 0 Å². The van der Waals surface area contributed by atoms with Gasteiger partial charge in [0, 0.05) is 5.56 Å². The molecule has 0 amide bonds. The summed E-state index contributed by atoms with van der Waals surface area (Å²) in [6, 6.07) is 5.86. The Morgan fingerprint density at radius 2 is 2.05 bits per heavy atom. The molecule has 1 N–H and O–H groups in total. The first kappa shape index (κ1) is 14.0. The van der Waals surface area contributed by atoms with E-state index in [1.807, 2.05) is 0 Å². The number of hydrogen-bond donors (Lipinski definition) is 1. The Bertz CT molecular complexity index is 576. The van der Waals surface area contributed by atoms with E-state index in [1.165, 1.54) is 12.1 Å². The highest BCUT2D eigenvalue weighted by Gasteiger charge is 2.37. The van der Waals surface area contributed by atoms with Crippen LogP contribution < -0.4 is 0 Å². The second-order valence-electron chi connectivity index (χ2n) is 4.17. The maximum atomic E-state index is 12.3. The molecular formula is C12H14O6S. The Hall–Kier alpha value is -1.44. The maximum Gasteiger partial charge on any atom is 0.339 e. The molecule has 0 aromatic heterocycles. The van der Waals surface area contributed by atoms with Crippen molar-refractivity contribution in [3.05, 3.63) is 29.8 Å². The molecule has 6 nitrogen and oxygen atoms in total. The zero-order valence-corrected chi connectivity index (χ0v) is 11.1. The lowest BCUT2D eigenvalue weighted by Crippen LogP contribution is -2.41. The summed E-state index contributed by atoms with van der Waals surface area (Å²) in [6.45, 7) is 0.260. The molecule has 2 rings (SSSR count). The predicted octanol–water partition coefficient (Wildman–Crippen LogP) is 0.0655. The van der Waals surface area contributed by atoms with Gasteiger partial charge in [-0.05, 0) is 6.07 Å². The average Bonchev–Trinajstić information content (AvgIpc) is 2.34. The molecule has 104 valence electrons. The van der Waals surface area contributed by atoms with Gasteiger partial charge in [0.15, 0.2) is 15.9 Å². The summed E-state index contributed by atoms with van der Waals surface area (Å²) >= 11 is 0. The molecule has 1 atom stereocenters. The first-order valence-electron chi connectivity index (χ1n) is 5.65. The van der Waals surface area contributed by atoms with Crippen molar-refractivity contribution in [2.24, 2.45) is 0 Å². The second-order valence-corrected chi connectivity index (χ2v) is 6.36. The highest BCUT2D eigenvalue weighted by molar-refractivity contribution is 7.92. The van der Waals surface area contributed by atoms with Gasteiger partial charge in [-0.25, -0.2) is 13.2 Å². The van der Waals surface area contributed by atoms with Crippen molar-refractivity contribution in [2.75, 3.05) is 20.3 Å². The molecule has 1 aliphatic rings. The molecule has 0 aliphatic carbocycles. The van der Waals surface area contributed by atoms with Crippen molar-refractivity contribution in [1.82, 2.24) is 0 Å². The van der Waals surface area contributed by atoms with Crippen LogP contribution >= 0.6 is 0 Å². The van der Waals surface area contributed by atoms with Gasteiger partial charge in [-0.2, -0.15) is 0 Å². The first-order chi connectivity index (χ1) is 8.98. The number of rotatable bonds is 4. The molecule has 0 bridgehead atoms. The molecule has 1 fully saturated rings. The number of carbonyl (C=O) groups excluding carboxylic acids is 1. The molecule has 7 heteroatoms.